The summed E-state index contributed by atoms with van der Waals surface area (Å²) in [4.78, 5) is 5.19. The van der Waals surface area contributed by atoms with E-state index in [2.05, 4.69) is 41.0 Å². The molecule has 3 rings (SSSR count). The van der Waals surface area contributed by atoms with E-state index in [0.29, 0.717) is 6.10 Å². The fraction of sp³-hybridized carbons (Fsp3) is 0.667. The Bertz CT molecular complexity index is 441. The number of para-hydroxylation sites is 1. The quantitative estimate of drug-likeness (QED) is 0.828. The van der Waals surface area contributed by atoms with Crippen LogP contribution in [0.4, 0.5) is 0 Å². The van der Waals surface area contributed by atoms with Crippen LogP contribution in [0.3, 0.4) is 0 Å². The van der Waals surface area contributed by atoms with Gasteiger partial charge in [0.1, 0.15) is 11.9 Å². The normalized spacial score (nSPS) is 23.6. The summed E-state index contributed by atoms with van der Waals surface area (Å²) < 4.78 is 6.17. The highest BCUT2D eigenvalue weighted by Gasteiger charge is 2.24. The lowest BCUT2D eigenvalue weighted by molar-refractivity contribution is 0.0742. The molecule has 2 aliphatic heterocycles. The molecule has 1 fully saturated rings. The zero-order valence-electron chi connectivity index (χ0n) is 13.3. The fourth-order valence-electron chi connectivity index (χ4n) is 3.37. The Labute approximate surface area is 128 Å². The summed E-state index contributed by atoms with van der Waals surface area (Å²) in [5.74, 6) is 1.11. The molecule has 0 bridgehead atoms. The van der Waals surface area contributed by atoms with E-state index in [0.717, 1.165) is 25.1 Å². The number of hydrogen-bond donors (Lipinski definition) is 0. The molecule has 0 N–H and O–H groups in total. The first-order chi connectivity index (χ1) is 10.3. The predicted octanol–water partition coefficient (Wildman–Crippen LogP) is 2.80. The first kappa shape index (κ1) is 14.9. The molecule has 1 unspecified atom stereocenters. The summed E-state index contributed by atoms with van der Waals surface area (Å²) in [6.07, 6.45) is 5.34. The Hall–Kier alpha value is -1.06. The highest BCUT2D eigenvalue weighted by Crippen LogP contribution is 2.27. The molecule has 3 heteroatoms. The predicted molar refractivity (Wildman–Crippen MR) is 87.0 cm³/mol. The van der Waals surface area contributed by atoms with Gasteiger partial charge >= 0.3 is 0 Å². The summed E-state index contributed by atoms with van der Waals surface area (Å²) in [5.41, 5.74) is 1.37. The first-order valence-corrected chi connectivity index (χ1v) is 8.54. The van der Waals surface area contributed by atoms with Crippen LogP contribution in [0, 0.1) is 0 Å². The standard InChI is InChI=1S/C18H28N2O/c1-2-3-10-19-11-13-20(14-12-19)15-17-9-8-16-6-4-5-7-18(16)21-17/h4-7,17H,2-3,8-15H2,1H3. The minimum Gasteiger partial charge on any atom is -0.489 e. The van der Waals surface area contributed by atoms with E-state index in [1.54, 1.807) is 0 Å². The lowest BCUT2D eigenvalue weighted by Gasteiger charge is -2.37. The van der Waals surface area contributed by atoms with Crippen molar-refractivity contribution in [3.05, 3.63) is 29.8 Å². The molecule has 0 saturated carbocycles. The van der Waals surface area contributed by atoms with Gasteiger partial charge in [-0.3, -0.25) is 4.90 Å². The van der Waals surface area contributed by atoms with Crippen LogP contribution in [0.2, 0.25) is 0 Å². The van der Waals surface area contributed by atoms with E-state index < -0.39 is 0 Å². The van der Waals surface area contributed by atoms with Crippen molar-refractivity contribution in [1.29, 1.82) is 0 Å². The second kappa shape index (κ2) is 7.28. The van der Waals surface area contributed by atoms with Gasteiger partial charge in [-0.2, -0.15) is 0 Å². The van der Waals surface area contributed by atoms with Gasteiger partial charge in [-0.1, -0.05) is 31.5 Å². The first-order valence-electron chi connectivity index (χ1n) is 8.54. The van der Waals surface area contributed by atoms with Crippen LogP contribution in [-0.4, -0.2) is 55.2 Å². The van der Waals surface area contributed by atoms with Crippen molar-refractivity contribution in [3.8, 4) is 5.75 Å². The minimum atomic E-state index is 0.377. The van der Waals surface area contributed by atoms with E-state index in [-0.39, 0.29) is 0 Å². The average Bonchev–Trinajstić information content (AvgIpc) is 2.54. The van der Waals surface area contributed by atoms with Crippen molar-refractivity contribution in [1.82, 2.24) is 9.80 Å². The molecule has 1 aromatic rings. The molecule has 21 heavy (non-hydrogen) atoms. The van der Waals surface area contributed by atoms with E-state index in [1.807, 2.05) is 0 Å². The molecule has 1 aromatic carbocycles. The van der Waals surface area contributed by atoms with Crippen LogP contribution in [-0.2, 0) is 6.42 Å². The largest absolute Gasteiger partial charge is 0.489 e. The number of nitrogens with zero attached hydrogens (tertiary/aromatic N) is 2. The number of benzene rings is 1. The van der Waals surface area contributed by atoms with E-state index in [4.69, 9.17) is 4.74 Å². The Morgan fingerprint density at radius 3 is 2.67 bits per heavy atom. The molecule has 3 nitrogen and oxygen atoms in total. The molecular weight excluding hydrogens is 260 g/mol. The monoisotopic (exact) mass is 288 g/mol. The molecule has 0 aliphatic carbocycles. The second-order valence-electron chi connectivity index (χ2n) is 6.38. The van der Waals surface area contributed by atoms with Gasteiger partial charge < -0.3 is 9.64 Å². The van der Waals surface area contributed by atoms with Crippen molar-refractivity contribution < 1.29 is 4.74 Å². The van der Waals surface area contributed by atoms with Gasteiger partial charge in [-0.15, -0.1) is 0 Å². The number of unbranched alkanes of at least 4 members (excludes halogenated alkanes) is 1. The highest BCUT2D eigenvalue weighted by atomic mass is 16.5. The molecule has 0 amide bonds. The molecule has 1 saturated heterocycles. The maximum atomic E-state index is 6.17. The smallest absolute Gasteiger partial charge is 0.122 e. The molecule has 2 aliphatic rings. The fourth-order valence-corrected chi connectivity index (χ4v) is 3.37. The third-order valence-corrected chi connectivity index (χ3v) is 4.76. The lowest BCUT2D eigenvalue weighted by Crippen LogP contribution is -2.49. The van der Waals surface area contributed by atoms with Gasteiger partial charge in [0.15, 0.2) is 0 Å². The van der Waals surface area contributed by atoms with Crippen molar-refractivity contribution in [2.45, 2.75) is 38.7 Å². The van der Waals surface area contributed by atoms with Gasteiger partial charge in [-0.25, -0.2) is 0 Å². The Morgan fingerprint density at radius 1 is 1.10 bits per heavy atom. The van der Waals surface area contributed by atoms with Gasteiger partial charge in [-0.05, 0) is 37.4 Å². The van der Waals surface area contributed by atoms with Crippen LogP contribution in [0.15, 0.2) is 24.3 Å². The van der Waals surface area contributed by atoms with E-state index in [9.17, 15) is 0 Å². The molecule has 0 spiro atoms. The number of piperazine rings is 1. The Balaban J connectivity index is 1.44. The molecule has 0 radical (unpaired) electrons. The summed E-state index contributed by atoms with van der Waals surface area (Å²) in [5, 5.41) is 0. The molecule has 0 aromatic heterocycles. The number of ether oxygens (including phenoxy) is 1. The van der Waals surface area contributed by atoms with Crippen LogP contribution in [0.5, 0.6) is 5.75 Å². The molecule has 1 atom stereocenters. The average molecular weight is 288 g/mol. The van der Waals surface area contributed by atoms with Crippen LogP contribution < -0.4 is 4.74 Å². The van der Waals surface area contributed by atoms with Gasteiger partial charge in [0, 0.05) is 32.7 Å². The zero-order valence-corrected chi connectivity index (χ0v) is 13.3. The number of aryl methyl sites for hydroxylation is 1. The highest BCUT2D eigenvalue weighted by molar-refractivity contribution is 5.35. The molecule has 116 valence electrons. The summed E-state index contributed by atoms with van der Waals surface area (Å²) in [6.45, 7) is 9.49. The summed E-state index contributed by atoms with van der Waals surface area (Å²) in [6, 6.07) is 8.49. The van der Waals surface area contributed by atoms with Gasteiger partial charge in [0.05, 0.1) is 0 Å². The van der Waals surface area contributed by atoms with Gasteiger partial charge in [0.2, 0.25) is 0 Å². The number of hydrogen-bond acceptors (Lipinski definition) is 3. The van der Waals surface area contributed by atoms with E-state index in [1.165, 1.54) is 51.1 Å². The van der Waals surface area contributed by atoms with Crippen molar-refractivity contribution in [2.24, 2.45) is 0 Å². The van der Waals surface area contributed by atoms with Crippen molar-refractivity contribution in [3.63, 3.8) is 0 Å². The number of fused-ring (bicyclic) bond motifs is 1. The SMILES string of the molecule is CCCCN1CCN(CC2CCc3ccccc3O2)CC1. The molecular formula is C18H28N2O. The zero-order chi connectivity index (χ0) is 14.5. The van der Waals surface area contributed by atoms with Gasteiger partial charge in [0.25, 0.3) is 0 Å². The summed E-state index contributed by atoms with van der Waals surface area (Å²) >= 11 is 0. The topological polar surface area (TPSA) is 15.7 Å². The number of rotatable bonds is 5. The van der Waals surface area contributed by atoms with E-state index >= 15 is 0 Å². The third kappa shape index (κ3) is 3.98. The van der Waals surface area contributed by atoms with Crippen LogP contribution in [0.25, 0.3) is 0 Å². The Kier molecular flexibility index (Phi) is 5.15. The third-order valence-electron chi connectivity index (χ3n) is 4.76. The van der Waals surface area contributed by atoms with Crippen molar-refractivity contribution in [2.75, 3.05) is 39.3 Å². The lowest BCUT2D eigenvalue weighted by atomic mass is 10.0. The van der Waals surface area contributed by atoms with Crippen LogP contribution >= 0.6 is 0 Å². The molecule has 2 heterocycles. The maximum absolute atomic E-state index is 6.17. The van der Waals surface area contributed by atoms with Crippen LogP contribution in [0.1, 0.15) is 31.7 Å². The maximum Gasteiger partial charge on any atom is 0.122 e. The van der Waals surface area contributed by atoms with Crippen molar-refractivity contribution >= 4 is 0 Å². The Morgan fingerprint density at radius 2 is 1.86 bits per heavy atom. The second-order valence-corrected chi connectivity index (χ2v) is 6.38. The minimum absolute atomic E-state index is 0.377. The summed E-state index contributed by atoms with van der Waals surface area (Å²) in [7, 11) is 0.